The summed E-state index contributed by atoms with van der Waals surface area (Å²) in [7, 11) is 0. The molecular weight excluding hydrogens is 261 g/mol. The normalized spacial score (nSPS) is 11.2. The molecule has 3 nitrogen and oxygen atoms in total. The zero-order valence-corrected chi connectivity index (χ0v) is 10.7. The molecule has 0 aliphatic heterocycles. The summed E-state index contributed by atoms with van der Waals surface area (Å²) >= 11 is 0. The topological polar surface area (TPSA) is 35.5 Å². The Kier molecular flexibility index (Phi) is 5.20. The first-order valence-corrected chi connectivity index (χ1v) is 5.89. The molecule has 6 heteroatoms. The van der Waals surface area contributed by atoms with Gasteiger partial charge in [-0.25, -0.2) is 0 Å². The first-order valence-electron chi connectivity index (χ1n) is 5.89. The Hall–Kier alpha value is -1.72. The fraction of sp³-hybridized carbons (Fsp3) is 0.462. The van der Waals surface area contributed by atoms with Crippen LogP contribution in [0.2, 0.25) is 0 Å². The van der Waals surface area contributed by atoms with Crippen LogP contribution in [0.25, 0.3) is 0 Å². The summed E-state index contributed by atoms with van der Waals surface area (Å²) in [6.45, 7) is 3.76. The van der Waals surface area contributed by atoms with Crippen molar-refractivity contribution in [3.8, 4) is 5.75 Å². The molecular formula is C13H15F3O3. The third-order valence-corrected chi connectivity index (χ3v) is 2.43. The number of carbonyl (C=O) groups excluding carboxylic acids is 1. The van der Waals surface area contributed by atoms with Crippen molar-refractivity contribution >= 4 is 5.97 Å². The van der Waals surface area contributed by atoms with Gasteiger partial charge < -0.3 is 9.47 Å². The number of aryl methyl sites for hydroxylation is 1. The molecule has 0 amide bonds. The lowest BCUT2D eigenvalue weighted by molar-refractivity contribution is -0.274. The van der Waals surface area contributed by atoms with Crippen LogP contribution in [0, 0.1) is 0 Å². The van der Waals surface area contributed by atoms with Crippen LogP contribution < -0.4 is 4.74 Å². The molecule has 0 saturated heterocycles. The molecule has 1 aromatic rings. The van der Waals surface area contributed by atoms with Gasteiger partial charge in [0.15, 0.2) is 0 Å². The smallest absolute Gasteiger partial charge is 0.466 e. The quantitative estimate of drug-likeness (QED) is 0.774. The standard InChI is InChI=1S/C13H15F3O3/c1-3-9-5-6-11(19-13(14,15)16)7-10(9)8-12(17)18-4-2/h5-7H,3-4,8H2,1-2H3. The number of alkyl halides is 3. The molecule has 0 unspecified atom stereocenters. The minimum Gasteiger partial charge on any atom is -0.466 e. The Morgan fingerprint density at radius 2 is 1.89 bits per heavy atom. The van der Waals surface area contributed by atoms with Gasteiger partial charge in [-0.2, -0.15) is 0 Å². The van der Waals surface area contributed by atoms with Crippen molar-refractivity contribution in [3.05, 3.63) is 29.3 Å². The molecule has 19 heavy (non-hydrogen) atoms. The van der Waals surface area contributed by atoms with E-state index >= 15 is 0 Å². The van der Waals surface area contributed by atoms with Gasteiger partial charge in [0, 0.05) is 0 Å². The second-order valence-electron chi connectivity index (χ2n) is 3.81. The van der Waals surface area contributed by atoms with E-state index in [1.54, 1.807) is 6.92 Å². The molecule has 0 aromatic heterocycles. The highest BCUT2D eigenvalue weighted by Crippen LogP contribution is 2.25. The van der Waals surface area contributed by atoms with Gasteiger partial charge in [-0.1, -0.05) is 13.0 Å². The van der Waals surface area contributed by atoms with E-state index in [0.29, 0.717) is 12.0 Å². The van der Waals surface area contributed by atoms with Crippen molar-refractivity contribution in [1.82, 2.24) is 0 Å². The maximum Gasteiger partial charge on any atom is 0.573 e. The van der Waals surface area contributed by atoms with Gasteiger partial charge in [0.05, 0.1) is 13.0 Å². The summed E-state index contributed by atoms with van der Waals surface area (Å²) in [6.07, 6.45) is -4.19. The number of hydrogen-bond acceptors (Lipinski definition) is 3. The van der Waals surface area contributed by atoms with Crippen LogP contribution in [0.1, 0.15) is 25.0 Å². The number of benzene rings is 1. The van der Waals surface area contributed by atoms with Crippen molar-refractivity contribution in [2.75, 3.05) is 6.61 Å². The van der Waals surface area contributed by atoms with Crippen LogP contribution >= 0.6 is 0 Å². The van der Waals surface area contributed by atoms with Gasteiger partial charge in [-0.05, 0) is 36.6 Å². The number of esters is 1. The molecule has 0 saturated carbocycles. The molecule has 0 fully saturated rings. The van der Waals surface area contributed by atoms with Gasteiger partial charge in [0.25, 0.3) is 0 Å². The number of ether oxygens (including phenoxy) is 2. The molecule has 0 spiro atoms. The summed E-state index contributed by atoms with van der Waals surface area (Å²) in [5.41, 5.74) is 1.28. The SMILES string of the molecule is CCOC(=O)Cc1cc(OC(F)(F)F)ccc1CC. The van der Waals surface area contributed by atoms with Crippen molar-refractivity contribution in [2.45, 2.75) is 33.1 Å². The van der Waals surface area contributed by atoms with E-state index < -0.39 is 12.3 Å². The average Bonchev–Trinajstić information content (AvgIpc) is 2.27. The first-order chi connectivity index (χ1) is 8.85. The van der Waals surface area contributed by atoms with Crippen LogP contribution in [0.5, 0.6) is 5.75 Å². The van der Waals surface area contributed by atoms with Crippen molar-refractivity contribution in [2.24, 2.45) is 0 Å². The molecule has 0 aliphatic carbocycles. The highest BCUT2D eigenvalue weighted by molar-refractivity contribution is 5.73. The lowest BCUT2D eigenvalue weighted by Crippen LogP contribution is -2.17. The van der Waals surface area contributed by atoms with Gasteiger partial charge in [0.1, 0.15) is 5.75 Å². The van der Waals surface area contributed by atoms with Gasteiger partial charge in [-0.3, -0.25) is 4.79 Å². The zero-order chi connectivity index (χ0) is 14.5. The summed E-state index contributed by atoms with van der Waals surface area (Å²) in [5.74, 6) is -0.801. The lowest BCUT2D eigenvalue weighted by atomic mass is 10.0. The van der Waals surface area contributed by atoms with Crippen molar-refractivity contribution < 1.29 is 27.4 Å². The number of carbonyl (C=O) groups is 1. The van der Waals surface area contributed by atoms with E-state index in [0.717, 1.165) is 5.56 Å². The maximum absolute atomic E-state index is 12.1. The van der Waals surface area contributed by atoms with Crippen molar-refractivity contribution in [1.29, 1.82) is 0 Å². The molecule has 0 heterocycles. The zero-order valence-electron chi connectivity index (χ0n) is 10.7. The molecule has 0 N–H and O–H groups in total. The van der Waals surface area contributed by atoms with Crippen molar-refractivity contribution in [3.63, 3.8) is 0 Å². The third-order valence-electron chi connectivity index (χ3n) is 2.43. The molecule has 1 rings (SSSR count). The van der Waals surface area contributed by atoms with E-state index in [9.17, 15) is 18.0 Å². The number of hydrogen-bond donors (Lipinski definition) is 0. The Morgan fingerprint density at radius 3 is 2.42 bits per heavy atom. The fourth-order valence-corrected chi connectivity index (χ4v) is 1.68. The molecule has 1 aromatic carbocycles. The predicted molar refractivity (Wildman–Crippen MR) is 62.8 cm³/mol. The van der Waals surface area contributed by atoms with Crippen LogP contribution in [0.4, 0.5) is 13.2 Å². The minimum absolute atomic E-state index is 0.0634. The second kappa shape index (κ2) is 6.45. The van der Waals surface area contributed by atoms with Gasteiger partial charge >= 0.3 is 12.3 Å². The van der Waals surface area contributed by atoms with E-state index in [-0.39, 0.29) is 18.8 Å². The highest BCUT2D eigenvalue weighted by atomic mass is 19.4. The fourth-order valence-electron chi connectivity index (χ4n) is 1.68. The summed E-state index contributed by atoms with van der Waals surface area (Å²) < 4.78 is 45.0. The van der Waals surface area contributed by atoms with E-state index in [2.05, 4.69) is 4.74 Å². The Balaban J connectivity index is 2.93. The van der Waals surface area contributed by atoms with Crippen LogP contribution in [-0.4, -0.2) is 18.9 Å². The lowest BCUT2D eigenvalue weighted by Gasteiger charge is -2.12. The van der Waals surface area contributed by atoms with Crippen LogP contribution in [0.15, 0.2) is 18.2 Å². The molecule has 0 aliphatic rings. The molecule has 0 radical (unpaired) electrons. The molecule has 0 bridgehead atoms. The Morgan fingerprint density at radius 1 is 1.21 bits per heavy atom. The molecule has 0 atom stereocenters. The predicted octanol–water partition coefficient (Wildman–Crippen LogP) is 3.25. The Bertz CT molecular complexity index is 441. The number of rotatable bonds is 5. The largest absolute Gasteiger partial charge is 0.573 e. The molecule has 106 valence electrons. The maximum atomic E-state index is 12.1. The summed E-state index contributed by atoms with van der Waals surface area (Å²) in [6, 6.07) is 3.99. The van der Waals surface area contributed by atoms with E-state index in [1.165, 1.54) is 18.2 Å². The monoisotopic (exact) mass is 276 g/mol. The number of halogens is 3. The minimum atomic E-state index is -4.74. The van der Waals surface area contributed by atoms with E-state index in [1.807, 2.05) is 6.92 Å². The van der Waals surface area contributed by atoms with Gasteiger partial charge in [-0.15, -0.1) is 13.2 Å². The highest BCUT2D eigenvalue weighted by Gasteiger charge is 2.31. The van der Waals surface area contributed by atoms with E-state index in [4.69, 9.17) is 4.74 Å². The van der Waals surface area contributed by atoms with Gasteiger partial charge in [0.2, 0.25) is 0 Å². The first kappa shape index (κ1) is 15.3. The third kappa shape index (κ3) is 5.19. The Labute approximate surface area is 109 Å². The summed E-state index contributed by atoms with van der Waals surface area (Å²) in [5, 5.41) is 0. The summed E-state index contributed by atoms with van der Waals surface area (Å²) in [4.78, 5) is 11.4. The van der Waals surface area contributed by atoms with Crippen LogP contribution in [0.3, 0.4) is 0 Å². The second-order valence-corrected chi connectivity index (χ2v) is 3.81. The van der Waals surface area contributed by atoms with Crippen LogP contribution in [-0.2, 0) is 22.4 Å². The average molecular weight is 276 g/mol.